The van der Waals surface area contributed by atoms with Crippen molar-refractivity contribution in [3.63, 3.8) is 0 Å². The van der Waals surface area contributed by atoms with Crippen molar-refractivity contribution < 1.29 is 4.79 Å². The zero-order valence-corrected chi connectivity index (χ0v) is 13.1. The van der Waals surface area contributed by atoms with Gasteiger partial charge in [0, 0.05) is 14.4 Å². The van der Waals surface area contributed by atoms with Gasteiger partial charge in [0.15, 0.2) is 0 Å². The van der Waals surface area contributed by atoms with E-state index in [0.29, 0.717) is 10.7 Å². The Morgan fingerprint density at radius 3 is 2.31 bits per heavy atom. The van der Waals surface area contributed by atoms with Crippen LogP contribution in [0, 0.1) is 5.41 Å². The number of benzene rings is 1. The summed E-state index contributed by atoms with van der Waals surface area (Å²) in [7, 11) is 0. The van der Waals surface area contributed by atoms with Gasteiger partial charge in [0.2, 0.25) is 5.91 Å². The van der Waals surface area contributed by atoms with E-state index < -0.39 is 5.41 Å². The molecule has 0 aliphatic heterocycles. The normalized spacial score (nSPS) is 11.4. The van der Waals surface area contributed by atoms with Crippen molar-refractivity contribution >= 4 is 55.1 Å². The largest absolute Gasteiger partial charge is 0.323 e. The first-order valence-electron chi connectivity index (χ1n) is 4.68. The van der Waals surface area contributed by atoms with Crippen LogP contribution in [0.15, 0.2) is 21.1 Å². The molecule has 16 heavy (non-hydrogen) atoms. The molecule has 0 radical (unpaired) electrons. The minimum absolute atomic E-state index is 0.0718. The number of hydrogen-bond donors (Lipinski definition) is 1. The van der Waals surface area contributed by atoms with Gasteiger partial charge in [-0.3, -0.25) is 4.79 Å². The Hall–Kier alpha value is -0.0600. The number of carbonyl (C=O) groups is 1. The maximum Gasteiger partial charge on any atom is 0.229 e. The smallest absolute Gasteiger partial charge is 0.229 e. The molecule has 0 bridgehead atoms. The first kappa shape index (κ1) is 14.0. The van der Waals surface area contributed by atoms with E-state index in [1.807, 2.05) is 26.8 Å². The molecule has 1 aromatic rings. The third-order valence-electron chi connectivity index (χ3n) is 1.93. The van der Waals surface area contributed by atoms with Crippen LogP contribution in [-0.2, 0) is 4.79 Å². The number of anilines is 1. The number of hydrogen-bond acceptors (Lipinski definition) is 1. The van der Waals surface area contributed by atoms with Crippen molar-refractivity contribution in [3.8, 4) is 0 Å². The van der Waals surface area contributed by atoms with Gasteiger partial charge < -0.3 is 5.32 Å². The monoisotopic (exact) mass is 367 g/mol. The van der Waals surface area contributed by atoms with Crippen molar-refractivity contribution in [1.29, 1.82) is 0 Å². The van der Waals surface area contributed by atoms with Crippen molar-refractivity contribution in [1.82, 2.24) is 0 Å². The third kappa shape index (κ3) is 3.47. The van der Waals surface area contributed by atoms with E-state index >= 15 is 0 Å². The quantitative estimate of drug-likeness (QED) is 0.753. The summed E-state index contributed by atoms with van der Waals surface area (Å²) in [6.45, 7) is 5.55. The Morgan fingerprint density at radius 2 is 1.88 bits per heavy atom. The van der Waals surface area contributed by atoms with E-state index in [4.69, 9.17) is 11.6 Å². The van der Waals surface area contributed by atoms with Gasteiger partial charge in [-0.2, -0.15) is 0 Å². The fourth-order valence-electron chi connectivity index (χ4n) is 0.963. The Kier molecular flexibility index (Phi) is 4.43. The Labute approximate surface area is 117 Å². The van der Waals surface area contributed by atoms with Gasteiger partial charge in [-0.15, -0.1) is 0 Å². The molecule has 5 heteroatoms. The average molecular weight is 369 g/mol. The topological polar surface area (TPSA) is 29.1 Å². The molecule has 88 valence electrons. The van der Waals surface area contributed by atoms with Crippen LogP contribution in [0.25, 0.3) is 0 Å². The minimum atomic E-state index is -0.449. The van der Waals surface area contributed by atoms with Crippen LogP contribution in [0.2, 0.25) is 5.02 Å². The van der Waals surface area contributed by atoms with E-state index in [0.717, 1.165) is 8.95 Å². The molecule has 0 saturated heterocycles. The molecule has 0 spiro atoms. The zero-order chi connectivity index (χ0) is 12.5. The van der Waals surface area contributed by atoms with Crippen LogP contribution in [-0.4, -0.2) is 5.91 Å². The van der Waals surface area contributed by atoms with Crippen molar-refractivity contribution in [2.75, 3.05) is 5.32 Å². The van der Waals surface area contributed by atoms with Crippen LogP contribution >= 0.6 is 43.5 Å². The van der Waals surface area contributed by atoms with Crippen LogP contribution in [0.5, 0.6) is 0 Å². The number of halogens is 3. The highest BCUT2D eigenvalue weighted by molar-refractivity contribution is 9.11. The summed E-state index contributed by atoms with van der Waals surface area (Å²) in [6.07, 6.45) is 0. The van der Waals surface area contributed by atoms with Gasteiger partial charge in [0.25, 0.3) is 0 Å². The minimum Gasteiger partial charge on any atom is -0.323 e. The lowest BCUT2D eigenvalue weighted by Gasteiger charge is -2.19. The molecule has 0 aliphatic carbocycles. The predicted molar refractivity (Wildman–Crippen MR) is 74.9 cm³/mol. The van der Waals surface area contributed by atoms with E-state index in [-0.39, 0.29) is 5.91 Å². The SMILES string of the molecule is CC(C)(C)C(=O)Nc1c(Cl)cc(Br)cc1Br. The zero-order valence-electron chi connectivity index (χ0n) is 9.20. The highest BCUT2D eigenvalue weighted by Crippen LogP contribution is 2.34. The molecule has 1 rings (SSSR count). The number of amides is 1. The molecule has 0 saturated carbocycles. The van der Waals surface area contributed by atoms with Crippen molar-refractivity contribution in [3.05, 3.63) is 26.1 Å². The van der Waals surface area contributed by atoms with E-state index in [9.17, 15) is 4.79 Å². The van der Waals surface area contributed by atoms with Gasteiger partial charge in [-0.05, 0) is 28.1 Å². The molecule has 0 aliphatic rings. The van der Waals surface area contributed by atoms with Gasteiger partial charge >= 0.3 is 0 Å². The second-order valence-corrected chi connectivity index (χ2v) is 6.63. The van der Waals surface area contributed by atoms with Gasteiger partial charge in [-0.1, -0.05) is 48.3 Å². The summed E-state index contributed by atoms with van der Waals surface area (Å²) in [5.41, 5.74) is 0.153. The summed E-state index contributed by atoms with van der Waals surface area (Å²) in [5.74, 6) is -0.0718. The third-order valence-corrected chi connectivity index (χ3v) is 3.31. The van der Waals surface area contributed by atoms with Crippen LogP contribution in [0.1, 0.15) is 20.8 Å². The lowest BCUT2D eigenvalue weighted by atomic mass is 9.95. The fourth-order valence-corrected chi connectivity index (χ4v) is 2.80. The van der Waals surface area contributed by atoms with Crippen LogP contribution in [0.3, 0.4) is 0 Å². The molecule has 0 heterocycles. The average Bonchev–Trinajstić information content (AvgIpc) is 2.08. The summed E-state index contributed by atoms with van der Waals surface area (Å²) in [6, 6.07) is 3.58. The first-order chi connectivity index (χ1) is 7.21. The number of nitrogens with one attached hydrogen (secondary N) is 1. The summed E-state index contributed by atoms with van der Waals surface area (Å²) in [5, 5.41) is 3.31. The summed E-state index contributed by atoms with van der Waals surface area (Å²) in [4.78, 5) is 11.8. The van der Waals surface area contributed by atoms with Gasteiger partial charge in [-0.25, -0.2) is 0 Å². The molecule has 1 N–H and O–H groups in total. The molecule has 1 amide bonds. The Morgan fingerprint density at radius 1 is 1.31 bits per heavy atom. The Bertz CT molecular complexity index is 403. The standard InChI is InChI=1S/C11H12Br2ClNO/c1-11(2,3)10(16)15-9-7(13)4-6(12)5-8(9)14/h4-5H,1-3H3,(H,15,16). The van der Waals surface area contributed by atoms with Gasteiger partial charge in [0.05, 0.1) is 10.7 Å². The molecular formula is C11H12Br2ClNO. The lowest BCUT2D eigenvalue weighted by Crippen LogP contribution is -2.27. The molecule has 0 aromatic heterocycles. The van der Waals surface area contributed by atoms with Crippen LogP contribution in [0.4, 0.5) is 5.69 Å². The number of rotatable bonds is 1. The van der Waals surface area contributed by atoms with Gasteiger partial charge in [0.1, 0.15) is 0 Å². The van der Waals surface area contributed by atoms with Crippen molar-refractivity contribution in [2.45, 2.75) is 20.8 Å². The highest BCUT2D eigenvalue weighted by atomic mass is 79.9. The molecular weight excluding hydrogens is 357 g/mol. The maximum absolute atomic E-state index is 11.8. The highest BCUT2D eigenvalue weighted by Gasteiger charge is 2.22. The lowest BCUT2D eigenvalue weighted by molar-refractivity contribution is -0.123. The predicted octanol–water partition coefficient (Wildman–Crippen LogP) is 4.85. The first-order valence-corrected chi connectivity index (χ1v) is 6.64. The van der Waals surface area contributed by atoms with E-state index in [2.05, 4.69) is 37.2 Å². The van der Waals surface area contributed by atoms with E-state index in [1.165, 1.54) is 0 Å². The van der Waals surface area contributed by atoms with Crippen molar-refractivity contribution in [2.24, 2.45) is 5.41 Å². The second kappa shape index (κ2) is 5.07. The maximum atomic E-state index is 11.8. The molecule has 2 nitrogen and oxygen atoms in total. The molecule has 0 atom stereocenters. The Balaban J connectivity index is 3.03. The molecule has 0 unspecified atom stereocenters. The van der Waals surface area contributed by atoms with Crippen LogP contribution < -0.4 is 5.32 Å². The second-order valence-electron chi connectivity index (χ2n) is 4.45. The summed E-state index contributed by atoms with van der Waals surface area (Å²) < 4.78 is 1.61. The molecule has 0 fully saturated rings. The summed E-state index contributed by atoms with van der Waals surface area (Å²) >= 11 is 12.7. The molecule has 1 aromatic carbocycles. The number of carbonyl (C=O) groups excluding carboxylic acids is 1. The van der Waals surface area contributed by atoms with E-state index in [1.54, 1.807) is 6.07 Å². The fraction of sp³-hybridized carbons (Fsp3) is 0.364.